The highest BCUT2D eigenvalue weighted by Gasteiger charge is 2.22. The topological polar surface area (TPSA) is 136 Å². The third kappa shape index (κ3) is 3.80. The second-order valence-electron chi connectivity index (χ2n) is 7.60. The first-order chi connectivity index (χ1) is 15.7. The van der Waals surface area contributed by atoms with Crippen molar-refractivity contribution in [2.45, 2.75) is 24.8 Å². The molecule has 2 N–H and O–H groups in total. The molecule has 0 atom stereocenters. The minimum Gasteiger partial charge on any atom is -0.860 e. The molecule has 0 radical (unpaired) electrons. The molecule has 0 aliphatic carbocycles. The number of nitrogens with zero attached hydrogens (tertiary/aromatic N) is 4. The number of rotatable bonds is 5. The second kappa shape index (κ2) is 7.80. The zero-order valence-corrected chi connectivity index (χ0v) is 19.1. The first-order valence-electron chi connectivity index (χ1n) is 10.0. The lowest BCUT2D eigenvalue weighted by Crippen LogP contribution is -2.18. The van der Waals surface area contributed by atoms with Crippen LogP contribution < -0.4 is 15.8 Å². The Morgan fingerprint density at radius 2 is 1.85 bits per heavy atom. The summed E-state index contributed by atoms with van der Waals surface area (Å²) in [4.78, 5) is 17.7. The molecule has 0 bridgehead atoms. The number of hydrogen-bond donors (Lipinski definition) is 1. The van der Waals surface area contributed by atoms with E-state index < -0.39 is 10.0 Å². The van der Waals surface area contributed by atoms with Gasteiger partial charge < -0.3 is 9.67 Å². The summed E-state index contributed by atoms with van der Waals surface area (Å²) in [6.07, 6.45) is 0.470. The van der Waals surface area contributed by atoms with Crippen LogP contribution in [0.15, 0.2) is 64.3 Å². The second-order valence-corrected chi connectivity index (χ2v) is 10.2. The molecule has 0 saturated heterocycles. The Morgan fingerprint density at radius 1 is 1.12 bits per heavy atom. The molecule has 0 spiro atoms. The molecular formula is C22H18N5O4S2-. The Hall–Kier alpha value is -3.54. The molecule has 3 aromatic rings. The molecule has 0 saturated carbocycles. The SMILES string of the molecule is Cc1c2c(=O)n(-c3nc4ccccc4s3)nc-2cc([O-])n1CCc1ccc(S(N)(=O)=O)cc1. The van der Waals surface area contributed by atoms with Crippen molar-refractivity contribution in [2.75, 3.05) is 0 Å². The number of benzene rings is 2. The fraction of sp³-hybridized carbons (Fsp3) is 0.136. The van der Waals surface area contributed by atoms with Crippen LogP contribution >= 0.6 is 11.3 Å². The number of primary sulfonamides is 1. The number of aryl methyl sites for hydroxylation is 1. The lowest BCUT2D eigenvalue weighted by molar-refractivity contribution is -0.279. The zero-order chi connectivity index (χ0) is 23.3. The Labute approximate surface area is 192 Å². The van der Waals surface area contributed by atoms with Gasteiger partial charge in [0.15, 0.2) is 0 Å². The summed E-state index contributed by atoms with van der Waals surface area (Å²) in [5.74, 6) is -0.268. The van der Waals surface area contributed by atoms with Crippen LogP contribution in [0.4, 0.5) is 0 Å². The van der Waals surface area contributed by atoms with Crippen molar-refractivity contribution in [3.8, 4) is 22.3 Å². The van der Waals surface area contributed by atoms with E-state index in [1.807, 2.05) is 24.3 Å². The van der Waals surface area contributed by atoms with Gasteiger partial charge in [-0.15, -0.1) is 0 Å². The van der Waals surface area contributed by atoms with Crippen LogP contribution in [0, 0.1) is 6.92 Å². The average molecular weight is 481 g/mol. The van der Waals surface area contributed by atoms with Gasteiger partial charge in [0.2, 0.25) is 15.2 Å². The minimum atomic E-state index is -3.76. The number of sulfonamides is 1. The maximum absolute atomic E-state index is 13.2. The predicted octanol–water partition coefficient (Wildman–Crippen LogP) is 2.02. The highest BCUT2D eigenvalue weighted by Crippen LogP contribution is 2.29. The van der Waals surface area contributed by atoms with E-state index >= 15 is 0 Å². The van der Waals surface area contributed by atoms with E-state index in [4.69, 9.17) is 5.14 Å². The summed E-state index contributed by atoms with van der Waals surface area (Å²) in [5, 5.41) is 22.7. The molecule has 3 heterocycles. The lowest BCUT2D eigenvalue weighted by Gasteiger charge is -2.22. The Balaban J connectivity index is 1.50. The van der Waals surface area contributed by atoms with Gasteiger partial charge in [-0.25, -0.2) is 18.5 Å². The maximum Gasteiger partial charge on any atom is 0.284 e. The highest BCUT2D eigenvalue weighted by molar-refractivity contribution is 7.89. The summed E-state index contributed by atoms with van der Waals surface area (Å²) in [6, 6.07) is 15.1. The average Bonchev–Trinajstić information content (AvgIpc) is 3.34. The van der Waals surface area contributed by atoms with Crippen molar-refractivity contribution in [1.29, 1.82) is 0 Å². The molecule has 2 aromatic carbocycles. The van der Waals surface area contributed by atoms with E-state index in [1.165, 1.54) is 38.8 Å². The molecule has 1 aromatic heterocycles. The third-order valence-electron chi connectivity index (χ3n) is 5.50. The van der Waals surface area contributed by atoms with Crippen molar-refractivity contribution in [3.63, 3.8) is 0 Å². The van der Waals surface area contributed by atoms with Crippen LogP contribution in [-0.4, -0.2) is 27.7 Å². The van der Waals surface area contributed by atoms with E-state index in [-0.39, 0.29) is 16.3 Å². The van der Waals surface area contributed by atoms with Gasteiger partial charge in [-0.2, -0.15) is 9.78 Å². The maximum atomic E-state index is 13.2. The number of fused-ring (bicyclic) bond motifs is 2. The Kier molecular flexibility index (Phi) is 5.04. The number of aromatic nitrogens is 4. The van der Waals surface area contributed by atoms with Crippen molar-refractivity contribution in [1.82, 2.24) is 19.3 Å². The summed E-state index contributed by atoms with van der Waals surface area (Å²) in [6.45, 7) is 2.04. The van der Waals surface area contributed by atoms with E-state index in [1.54, 1.807) is 19.1 Å². The summed E-state index contributed by atoms with van der Waals surface area (Å²) >= 11 is 1.36. The zero-order valence-electron chi connectivity index (χ0n) is 17.4. The summed E-state index contributed by atoms with van der Waals surface area (Å²) < 4.78 is 26.5. The molecular weight excluding hydrogens is 462 g/mol. The van der Waals surface area contributed by atoms with Crippen LogP contribution in [0.25, 0.3) is 26.6 Å². The van der Waals surface area contributed by atoms with Crippen LogP contribution in [-0.2, 0) is 23.0 Å². The molecule has 5 rings (SSSR count). The van der Waals surface area contributed by atoms with Crippen molar-refractivity contribution in [3.05, 3.63) is 76.2 Å². The first-order valence-corrected chi connectivity index (χ1v) is 12.4. The molecule has 11 heteroatoms. The van der Waals surface area contributed by atoms with Gasteiger partial charge in [-0.1, -0.05) is 35.6 Å². The molecule has 9 nitrogen and oxygen atoms in total. The normalized spacial score (nSPS) is 12.1. The van der Waals surface area contributed by atoms with Crippen LogP contribution in [0.3, 0.4) is 0 Å². The fourth-order valence-electron chi connectivity index (χ4n) is 3.80. The van der Waals surface area contributed by atoms with Gasteiger partial charge in [-0.3, -0.25) is 4.79 Å². The lowest BCUT2D eigenvalue weighted by atomic mass is 10.1. The quantitative estimate of drug-likeness (QED) is 0.409. The van der Waals surface area contributed by atoms with Gasteiger partial charge in [0, 0.05) is 12.2 Å². The van der Waals surface area contributed by atoms with Gasteiger partial charge in [0.05, 0.1) is 26.4 Å². The largest absolute Gasteiger partial charge is 0.860 e. The number of thiazole rings is 1. The smallest absolute Gasteiger partial charge is 0.284 e. The van der Waals surface area contributed by atoms with Crippen LogP contribution in [0.2, 0.25) is 0 Å². The van der Waals surface area contributed by atoms with Crippen molar-refractivity contribution in [2.24, 2.45) is 5.14 Å². The highest BCUT2D eigenvalue weighted by atomic mass is 32.2. The number of nitrogens with two attached hydrogens (primary N) is 1. The van der Waals surface area contributed by atoms with Crippen molar-refractivity contribution >= 4 is 31.6 Å². The first kappa shape index (κ1) is 21.3. The Bertz CT molecular complexity index is 1600. The minimum absolute atomic E-state index is 0.0271. The molecule has 0 unspecified atom stereocenters. The number of para-hydroxylation sites is 1. The Morgan fingerprint density at radius 3 is 2.55 bits per heavy atom. The van der Waals surface area contributed by atoms with E-state index in [0.29, 0.717) is 35.0 Å². The predicted molar refractivity (Wildman–Crippen MR) is 123 cm³/mol. The molecule has 0 amide bonds. The molecule has 0 fully saturated rings. The van der Waals surface area contributed by atoms with E-state index in [2.05, 4.69) is 10.1 Å². The molecule has 2 aliphatic rings. The number of hydrogen-bond acceptors (Lipinski definition) is 7. The van der Waals surface area contributed by atoms with Crippen LogP contribution in [0.1, 0.15) is 11.3 Å². The number of pyridine rings is 1. The molecule has 168 valence electrons. The van der Waals surface area contributed by atoms with E-state index in [0.717, 1.165) is 15.8 Å². The van der Waals surface area contributed by atoms with Crippen molar-refractivity contribution < 1.29 is 13.5 Å². The van der Waals surface area contributed by atoms with Gasteiger partial charge in [0.1, 0.15) is 0 Å². The van der Waals surface area contributed by atoms with Gasteiger partial charge in [0.25, 0.3) is 5.56 Å². The summed E-state index contributed by atoms with van der Waals surface area (Å²) in [5.41, 5.74) is 2.51. The third-order valence-corrected chi connectivity index (χ3v) is 7.44. The fourth-order valence-corrected chi connectivity index (χ4v) is 5.23. The molecule has 2 aliphatic heterocycles. The van der Waals surface area contributed by atoms with Gasteiger partial charge >= 0.3 is 0 Å². The summed E-state index contributed by atoms with van der Waals surface area (Å²) in [7, 11) is -3.76. The van der Waals surface area contributed by atoms with Crippen LogP contribution in [0.5, 0.6) is 5.88 Å². The van der Waals surface area contributed by atoms with E-state index in [9.17, 15) is 18.3 Å². The molecule has 33 heavy (non-hydrogen) atoms. The monoisotopic (exact) mass is 480 g/mol. The van der Waals surface area contributed by atoms with Gasteiger partial charge in [-0.05, 0) is 55.1 Å². The standard InChI is InChI=1S/C22H19N5O4S2/c1-13-20-17(25-27(21(20)29)22-24-16-4-2-3-5-18(16)32-22)12-19(28)26(13)11-10-14-6-8-15(9-7-14)33(23,30)31/h2-9,12,28H,10-11H2,1H3,(H2,23,30,31)/p-1.